The topological polar surface area (TPSA) is 94.1 Å². The number of carbonyl (C=O) groups is 2. The summed E-state index contributed by atoms with van der Waals surface area (Å²) in [6.45, 7) is 0.260. The number of amides is 1. The van der Waals surface area contributed by atoms with Gasteiger partial charge in [0.1, 0.15) is 12.4 Å². The van der Waals surface area contributed by atoms with Crippen LogP contribution in [0.15, 0.2) is 36.4 Å². The van der Waals surface area contributed by atoms with Crippen LogP contribution in [0, 0.1) is 0 Å². The number of carbonyl (C=O) groups excluding carboxylic acids is 1. The van der Waals surface area contributed by atoms with Gasteiger partial charge < -0.3 is 24.6 Å². The summed E-state index contributed by atoms with van der Waals surface area (Å²) in [6.07, 6.45) is 0. The van der Waals surface area contributed by atoms with E-state index in [-0.39, 0.29) is 12.5 Å². The molecule has 2 aromatic carbocycles. The quantitative estimate of drug-likeness (QED) is 0.681. The highest BCUT2D eigenvalue weighted by Crippen LogP contribution is 2.31. The molecule has 0 atom stereocenters. The van der Waals surface area contributed by atoms with Crippen LogP contribution in [0.25, 0.3) is 10.8 Å². The zero-order chi connectivity index (χ0) is 17.4. The van der Waals surface area contributed by atoms with Gasteiger partial charge in [0.2, 0.25) is 5.91 Å². The number of carboxylic acid groups (broad SMARTS) is 1. The van der Waals surface area contributed by atoms with Gasteiger partial charge in [0.25, 0.3) is 0 Å². The SMILES string of the molecule is COCCOCC(=O)Nc1ccc(OCC(=O)O)c2ccccc12. The summed E-state index contributed by atoms with van der Waals surface area (Å²) in [5, 5.41) is 13.0. The molecule has 24 heavy (non-hydrogen) atoms. The van der Waals surface area contributed by atoms with Crippen LogP contribution in [-0.4, -0.2) is 50.5 Å². The molecule has 0 unspecified atom stereocenters. The molecule has 0 aliphatic rings. The number of hydrogen-bond donors (Lipinski definition) is 2. The fourth-order valence-corrected chi connectivity index (χ4v) is 2.14. The molecule has 0 spiro atoms. The second-order valence-electron chi connectivity index (χ2n) is 4.93. The molecule has 0 saturated heterocycles. The van der Waals surface area contributed by atoms with Crippen molar-refractivity contribution in [1.29, 1.82) is 0 Å². The highest BCUT2D eigenvalue weighted by atomic mass is 16.5. The second-order valence-corrected chi connectivity index (χ2v) is 4.93. The summed E-state index contributed by atoms with van der Waals surface area (Å²) < 4.78 is 15.3. The number of carboxylic acids is 1. The molecule has 2 aromatic rings. The highest BCUT2D eigenvalue weighted by Gasteiger charge is 2.10. The molecule has 0 aliphatic heterocycles. The van der Waals surface area contributed by atoms with Gasteiger partial charge in [0.15, 0.2) is 6.61 Å². The Hall–Kier alpha value is -2.64. The second kappa shape index (κ2) is 8.85. The number of nitrogens with one attached hydrogen (secondary N) is 1. The van der Waals surface area contributed by atoms with Crippen LogP contribution < -0.4 is 10.1 Å². The first kappa shape index (κ1) is 17.7. The van der Waals surface area contributed by atoms with Crippen LogP contribution in [-0.2, 0) is 19.1 Å². The van der Waals surface area contributed by atoms with Gasteiger partial charge in [-0.25, -0.2) is 4.79 Å². The van der Waals surface area contributed by atoms with Crippen LogP contribution in [0.4, 0.5) is 5.69 Å². The van der Waals surface area contributed by atoms with Gasteiger partial charge in [-0.15, -0.1) is 0 Å². The Labute approximate surface area is 139 Å². The van der Waals surface area contributed by atoms with Crippen molar-refractivity contribution >= 4 is 28.3 Å². The van der Waals surface area contributed by atoms with Crippen LogP contribution in [0.3, 0.4) is 0 Å². The minimum atomic E-state index is -1.05. The predicted molar refractivity (Wildman–Crippen MR) is 88.4 cm³/mol. The molecule has 0 saturated carbocycles. The molecule has 1 amide bonds. The number of aliphatic carboxylic acids is 1. The Morgan fingerprint density at radius 3 is 2.50 bits per heavy atom. The standard InChI is InChI=1S/C17H19NO6/c1-22-8-9-23-10-16(19)18-14-6-7-15(24-11-17(20)21)13-5-3-2-4-12(13)14/h2-7H,8-11H2,1H3,(H,18,19)(H,20,21). The van der Waals surface area contributed by atoms with Gasteiger partial charge in [-0.05, 0) is 12.1 Å². The van der Waals surface area contributed by atoms with E-state index < -0.39 is 12.6 Å². The normalized spacial score (nSPS) is 10.5. The van der Waals surface area contributed by atoms with Crippen molar-refractivity contribution in [3.63, 3.8) is 0 Å². The third-order valence-electron chi connectivity index (χ3n) is 3.17. The largest absolute Gasteiger partial charge is 0.481 e. The summed E-state index contributed by atoms with van der Waals surface area (Å²) >= 11 is 0. The van der Waals surface area contributed by atoms with E-state index in [0.717, 1.165) is 10.8 Å². The number of anilines is 1. The van der Waals surface area contributed by atoms with Gasteiger partial charge in [-0.2, -0.15) is 0 Å². The summed E-state index contributed by atoms with van der Waals surface area (Å²) in [5.41, 5.74) is 0.605. The van der Waals surface area contributed by atoms with Gasteiger partial charge in [-0.1, -0.05) is 24.3 Å². The van der Waals surface area contributed by atoms with E-state index >= 15 is 0 Å². The summed E-state index contributed by atoms with van der Waals surface area (Å²) in [7, 11) is 1.56. The maximum Gasteiger partial charge on any atom is 0.341 e. The number of hydrogen-bond acceptors (Lipinski definition) is 5. The minimum absolute atomic E-state index is 0.0745. The van der Waals surface area contributed by atoms with E-state index in [1.54, 1.807) is 25.3 Å². The Morgan fingerprint density at radius 2 is 1.79 bits per heavy atom. The molecule has 0 fully saturated rings. The highest BCUT2D eigenvalue weighted by molar-refractivity contribution is 6.04. The summed E-state index contributed by atoms with van der Waals surface area (Å²) in [6, 6.07) is 10.6. The Balaban J connectivity index is 2.12. The van der Waals surface area contributed by atoms with E-state index in [4.69, 9.17) is 19.3 Å². The monoisotopic (exact) mass is 333 g/mol. The molecule has 0 heterocycles. The summed E-state index contributed by atoms with van der Waals surface area (Å²) in [4.78, 5) is 22.6. The maximum atomic E-state index is 11.9. The molecular formula is C17H19NO6. The molecule has 128 valence electrons. The van der Waals surface area contributed by atoms with E-state index in [0.29, 0.717) is 24.7 Å². The fourth-order valence-electron chi connectivity index (χ4n) is 2.14. The van der Waals surface area contributed by atoms with E-state index in [9.17, 15) is 9.59 Å². The lowest BCUT2D eigenvalue weighted by atomic mass is 10.1. The van der Waals surface area contributed by atoms with Crippen LogP contribution in [0.2, 0.25) is 0 Å². The average Bonchev–Trinajstić information content (AvgIpc) is 2.58. The molecule has 0 radical (unpaired) electrons. The van der Waals surface area contributed by atoms with Crippen molar-refractivity contribution in [1.82, 2.24) is 0 Å². The van der Waals surface area contributed by atoms with Crippen LogP contribution in [0.1, 0.15) is 0 Å². The third-order valence-corrected chi connectivity index (χ3v) is 3.17. The van der Waals surface area contributed by atoms with E-state index in [1.165, 1.54) is 0 Å². The number of benzene rings is 2. The Kier molecular flexibility index (Phi) is 6.53. The van der Waals surface area contributed by atoms with Crippen molar-refractivity contribution in [2.45, 2.75) is 0 Å². The maximum absolute atomic E-state index is 11.9. The lowest BCUT2D eigenvalue weighted by molar-refractivity contribution is -0.139. The lowest BCUT2D eigenvalue weighted by Gasteiger charge is -2.12. The number of methoxy groups -OCH3 is 1. The number of fused-ring (bicyclic) bond motifs is 1. The first-order chi connectivity index (χ1) is 11.6. The Bertz CT molecular complexity index is 715. The molecule has 2 rings (SSSR count). The van der Waals surface area contributed by atoms with Gasteiger partial charge >= 0.3 is 5.97 Å². The molecule has 0 aliphatic carbocycles. The zero-order valence-corrected chi connectivity index (χ0v) is 13.3. The molecule has 7 heteroatoms. The fraction of sp³-hybridized carbons (Fsp3) is 0.294. The molecule has 0 bridgehead atoms. The van der Waals surface area contributed by atoms with Gasteiger partial charge in [-0.3, -0.25) is 4.79 Å². The average molecular weight is 333 g/mol. The van der Waals surface area contributed by atoms with Crippen molar-refractivity contribution in [3.8, 4) is 5.75 Å². The van der Waals surface area contributed by atoms with Crippen LogP contribution >= 0.6 is 0 Å². The first-order valence-electron chi connectivity index (χ1n) is 7.34. The van der Waals surface area contributed by atoms with Crippen molar-refractivity contribution < 1.29 is 28.9 Å². The smallest absolute Gasteiger partial charge is 0.341 e. The number of rotatable bonds is 9. The van der Waals surface area contributed by atoms with Crippen molar-refractivity contribution in [2.75, 3.05) is 38.9 Å². The van der Waals surface area contributed by atoms with Gasteiger partial charge in [0, 0.05) is 23.6 Å². The predicted octanol–water partition coefficient (Wildman–Crippen LogP) is 1.90. The number of ether oxygens (including phenoxy) is 3. The Morgan fingerprint density at radius 1 is 1.04 bits per heavy atom. The van der Waals surface area contributed by atoms with Crippen LogP contribution in [0.5, 0.6) is 5.75 Å². The zero-order valence-electron chi connectivity index (χ0n) is 13.3. The molecule has 0 aromatic heterocycles. The molecular weight excluding hydrogens is 314 g/mol. The van der Waals surface area contributed by atoms with Gasteiger partial charge in [0.05, 0.1) is 13.2 Å². The van der Waals surface area contributed by atoms with E-state index in [2.05, 4.69) is 5.32 Å². The van der Waals surface area contributed by atoms with Crippen molar-refractivity contribution in [3.05, 3.63) is 36.4 Å². The third kappa shape index (κ3) is 4.94. The minimum Gasteiger partial charge on any atom is -0.481 e. The van der Waals surface area contributed by atoms with E-state index in [1.807, 2.05) is 18.2 Å². The molecule has 2 N–H and O–H groups in total. The molecule has 7 nitrogen and oxygen atoms in total. The van der Waals surface area contributed by atoms with Crippen molar-refractivity contribution in [2.24, 2.45) is 0 Å². The lowest BCUT2D eigenvalue weighted by Crippen LogP contribution is -2.19. The summed E-state index contributed by atoms with van der Waals surface area (Å²) in [5.74, 6) is -0.887. The first-order valence-corrected chi connectivity index (χ1v) is 7.34.